The van der Waals surface area contributed by atoms with Crippen LogP contribution in [-0.2, 0) is 13.6 Å². The second-order valence-electron chi connectivity index (χ2n) is 5.30. The van der Waals surface area contributed by atoms with Crippen molar-refractivity contribution in [3.05, 3.63) is 51.8 Å². The topological polar surface area (TPSA) is 58.4 Å². The number of carbonyl (C=O) groups excluding carboxylic acids is 2. The van der Waals surface area contributed by atoms with Crippen LogP contribution in [0.15, 0.2) is 34.9 Å². The van der Waals surface area contributed by atoms with Gasteiger partial charge in [-0.3, -0.25) is 24.1 Å². The molecule has 1 aromatic heterocycles. The van der Waals surface area contributed by atoms with E-state index >= 15 is 0 Å². The molecule has 22 heavy (non-hydrogen) atoms. The molecule has 0 aliphatic carbocycles. The Morgan fingerprint density at radius 1 is 1.18 bits per heavy atom. The Bertz CT molecular complexity index is 701. The smallest absolute Gasteiger partial charge is 0.262 e. The summed E-state index contributed by atoms with van der Waals surface area (Å²) in [5.41, 5.74) is 1.93. The number of imide groups is 1. The predicted octanol–water partition coefficient (Wildman–Crippen LogP) is 1.87. The van der Waals surface area contributed by atoms with Gasteiger partial charge < -0.3 is 0 Å². The average molecular weight is 363 g/mol. The number of hydrogen-bond acceptors (Lipinski definition) is 4. The predicted molar refractivity (Wildman–Crippen MR) is 84.2 cm³/mol. The summed E-state index contributed by atoms with van der Waals surface area (Å²) in [4.78, 5) is 27.8. The van der Waals surface area contributed by atoms with E-state index in [1.165, 1.54) is 4.90 Å². The molecular weight excluding hydrogens is 348 g/mol. The zero-order valence-electron chi connectivity index (χ0n) is 12.3. The maximum Gasteiger partial charge on any atom is 0.262 e. The summed E-state index contributed by atoms with van der Waals surface area (Å²) in [6, 6.07) is 6.91. The Hall–Kier alpha value is -1.99. The molecule has 3 rings (SSSR count). The molecule has 2 amide bonds. The summed E-state index contributed by atoms with van der Waals surface area (Å²) in [5, 5.41) is 4.16. The third kappa shape index (κ3) is 2.46. The Morgan fingerprint density at radius 2 is 1.77 bits per heavy atom. The Kier molecular flexibility index (Phi) is 3.84. The highest BCUT2D eigenvalue weighted by molar-refractivity contribution is 9.10. The number of nitrogens with zero attached hydrogens (tertiary/aromatic N) is 4. The van der Waals surface area contributed by atoms with Crippen molar-refractivity contribution in [2.24, 2.45) is 7.05 Å². The minimum atomic E-state index is -0.239. The monoisotopic (exact) mass is 362 g/mol. The van der Waals surface area contributed by atoms with Gasteiger partial charge >= 0.3 is 0 Å². The summed E-state index contributed by atoms with van der Waals surface area (Å²) in [6.07, 6.45) is 1.73. The summed E-state index contributed by atoms with van der Waals surface area (Å²) >= 11 is 3.45. The van der Waals surface area contributed by atoms with Gasteiger partial charge in [0, 0.05) is 13.6 Å². The number of fused-ring (bicyclic) bond motifs is 1. The highest BCUT2D eigenvalue weighted by Crippen LogP contribution is 2.23. The van der Waals surface area contributed by atoms with Crippen molar-refractivity contribution in [3.63, 3.8) is 0 Å². The van der Waals surface area contributed by atoms with Crippen LogP contribution < -0.4 is 0 Å². The molecule has 0 N–H and O–H groups in total. The second-order valence-corrected chi connectivity index (χ2v) is 6.16. The van der Waals surface area contributed by atoms with E-state index in [4.69, 9.17) is 0 Å². The van der Waals surface area contributed by atoms with Crippen LogP contribution in [0.4, 0.5) is 0 Å². The lowest BCUT2D eigenvalue weighted by Crippen LogP contribution is -2.39. The zero-order valence-corrected chi connectivity index (χ0v) is 13.9. The molecule has 2 heterocycles. The maximum absolute atomic E-state index is 12.3. The molecule has 0 atom stereocenters. The molecule has 1 aromatic carbocycles. The van der Waals surface area contributed by atoms with Crippen LogP contribution in [0.3, 0.4) is 0 Å². The van der Waals surface area contributed by atoms with Crippen molar-refractivity contribution < 1.29 is 9.59 Å². The molecule has 1 aliphatic heterocycles. The van der Waals surface area contributed by atoms with Gasteiger partial charge in [0.25, 0.3) is 11.8 Å². The van der Waals surface area contributed by atoms with Gasteiger partial charge in [0.2, 0.25) is 0 Å². The number of benzene rings is 1. The van der Waals surface area contributed by atoms with Gasteiger partial charge in [0.1, 0.15) is 0 Å². The van der Waals surface area contributed by atoms with Crippen LogP contribution in [0.25, 0.3) is 0 Å². The van der Waals surface area contributed by atoms with Gasteiger partial charge in [-0.15, -0.1) is 0 Å². The van der Waals surface area contributed by atoms with Crippen molar-refractivity contribution in [1.29, 1.82) is 0 Å². The molecule has 114 valence electrons. The summed E-state index contributed by atoms with van der Waals surface area (Å²) in [6.45, 7) is 0.814. The Labute approximate surface area is 136 Å². The number of hydrogen-bond donors (Lipinski definition) is 0. The Balaban J connectivity index is 1.75. The molecule has 0 spiro atoms. The number of rotatable bonds is 4. The molecule has 0 saturated carbocycles. The fourth-order valence-corrected chi connectivity index (χ4v) is 3.00. The van der Waals surface area contributed by atoms with E-state index in [9.17, 15) is 9.59 Å². The van der Waals surface area contributed by atoms with Crippen molar-refractivity contribution in [3.8, 4) is 0 Å². The first-order valence-corrected chi connectivity index (χ1v) is 7.58. The second kappa shape index (κ2) is 5.66. The SMILES string of the molecule is CN(Cc1c(Br)cnn1C)CN1C(=O)c2ccccc2C1=O. The highest BCUT2D eigenvalue weighted by atomic mass is 79.9. The normalized spacial score (nSPS) is 14.1. The summed E-state index contributed by atoms with van der Waals surface area (Å²) < 4.78 is 2.67. The van der Waals surface area contributed by atoms with Crippen LogP contribution in [0, 0.1) is 0 Å². The van der Waals surface area contributed by atoms with Gasteiger partial charge in [-0.1, -0.05) is 12.1 Å². The first kappa shape index (κ1) is 14.9. The van der Waals surface area contributed by atoms with Gasteiger partial charge in [-0.25, -0.2) is 0 Å². The van der Waals surface area contributed by atoms with E-state index in [1.807, 2.05) is 19.0 Å². The standard InChI is InChI=1S/C15H15BrN4O2/c1-18(8-13-12(16)7-17-19(13)2)9-20-14(21)10-5-3-4-6-11(10)15(20)22/h3-7H,8-9H2,1-2H3. The van der Waals surface area contributed by atoms with E-state index in [-0.39, 0.29) is 18.5 Å². The lowest BCUT2D eigenvalue weighted by Gasteiger charge is -2.23. The third-order valence-electron chi connectivity index (χ3n) is 3.69. The molecule has 0 unspecified atom stereocenters. The van der Waals surface area contributed by atoms with Gasteiger partial charge in [-0.05, 0) is 35.1 Å². The van der Waals surface area contributed by atoms with Gasteiger partial charge in [0.05, 0.1) is 34.2 Å². The van der Waals surface area contributed by atoms with E-state index in [0.717, 1.165) is 10.2 Å². The van der Waals surface area contributed by atoms with Crippen LogP contribution in [0.1, 0.15) is 26.4 Å². The number of amides is 2. The minimum Gasteiger partial charge on any atom is -0.283 e. The van der Waals surface area contributed by atoms with Crippen molar-refractivity contribution in [2.75, 3.05) is 13.7 Å². The fraction of sp³-hybridized carbons (Fsp3) is 0.267. The van der Waals surface area contributed by atoms with Crippen LogP contribution >= 0.6 is 15.9 Å². The Morgan fingerprint density at radius 3 is 2.27 bits per heavy atom. The molecule has 0 saturated heterocycles. The molecule has 1 aliphatic rings. The van der Waals surface area contributed by atoms with Crippen LogP contribution in [-0.4, -0.2) is 45.1 Å². The minimum absolute atomic E-state index is 0.239. The van der Waals surface area contributed by atoms with Gasteiger partial charge in [0.15, 0.2) is 0 Å². The fourth-order valence-electron chi connectivity index (χ4n) is 2.53. The van der Waals surface area contributed by atoms with Crippen LogP contribution in [0.5, 0.6) is 0 Å². The van der Waals surface area contributed by atoms with E-state index < -0.39 is 0 Å². The molecule has 2 aromatic rings. The first-order chi connectivity index (χ1) is 10.5. The van der Waals surface area contributed by atoms with Gasteiger partial charge in [-0.2, -0.15) is 5.10 Å². The number of aryl methyl sites for hydroxylation is 1. The van der Waals surface area contributed by atoms with Crippen molar-refractivity contribution in [2.45, 2.75) is 6.54 Å². The number of halogens is 1. The lowest BCUT2D eigenvalue weighted by molar-refractivity contribution is 0.0557. The largest absolute Gasteiger partial charge is 0.283 e. The molecule has 6 nitrogen and oxygen atoms in total. The number of aromatic nitrogens is 2. The quantitative estimate of drug-likeness (QED) is 0.779. The van der Waals surface area contributed by atoms with Crippen LogP contribution in [0.2, 0.25) is 0 Å². The lowest BCUT2D eigenvalue weighted by atomic mass is 10.1. The first-order valence-electron chi connectivity index (χ1n) is 6.79. The van der Waals surface area contributed by atoms with E-state index in [2.05, 4.69) is 21.0 Å². The molecule has 0 bridgehead atoms. The van der Waals surface area contributed by atoms with E-state index in [1.54, 1.807) is 35.1 Å². The summed E-state index contributed by atoms with van der Waals surface area (Å²) in [7, 11) is 3.72. The zero-order chi connectivity index (χ0) is 15.9. The molecule has 0 radical (unpaired) electrons. The number of carbonyl (C=O) groups is 2. The maximum atomic E-state index is 12.3. The van der Waals surface area contributed by atoms with E-state index in [0.29, 0.717) is 17.7 Å². The average Bonchev–Trinajstić information content (AvgIpc) is 2.94. The highest BCUT2D eigenvalue weighted by Gasteiger charge is 2.35. The van der Waals surface area contributed by atoms with Crippen molar-refractivity contribution >= 4 is 27.7 Å². The molecule has 0 fully saturated rings. The van der Waals surface area contributed by atoms with Crippen molar-refractivity contribution in [1.82, 2.24) is 19.6 Å². The molecular formula is C15H15BrN4O2. The molecule has 7 heteroatoms. The third-order valence-corrected chi connectivity index (χ3v) is 4.35. The summed E-state index contributed by atoms with van der Waals surface area (Å²) in [5.74, 6) is -0.479.